The molecule has 1 aliphatic carbocycles. The number of guanidine groups is 1. The fraction of sp³-hybridized carbons (Fsp3) is 0.588. The van der Waals surface area contributed by atoms with Gasteiger partial charge >= 0.3 is 0 Å². The van der Waals surface area contributed by atoms with Crippen molar-refractivity contribution in [3.8, 4) is 0 Å². The van der Waals surface area contributed by atoms with Gasteiger partial charge in [0.15, 0.2) is 5.96 Å². The summed E-state index contributed by atoms with van der Waals surface area (Å²) in [5.41, 5.74) is 1.35. The quantitative estimate of drug-likeness (QED) is 0.408. The molecule has 124 valence electrons. The van der Waals surface area contributed by atoms with Crippen LogP contribution in [0.25, 0.3) is 0 Å². The summed E-state index contributed by atoms with van der Waals surface area (Å²) in [6, 6.07) is 11.6. The van der Waals surface area contributed by atoms with Crippen LogP contribution in [0, 0.1) is 0 Å². The van der Waals surface area contributed by atoms with Crippen LogP contribution in [0.4, 0.5) is 0 Å². The van der Waals surface area contributed by atoms with E-state index in [1.807, 2.05) is 0 Å². The lowest BCUT2D eigenvalue weighted by atomic mass is 10.2. The van der Waals surface area contributed by atoms with Crippen molar-refractivity contribution in [1.82, 2.24) is 15.5 Å². The highest BCUT2D eigenvalue weighted by molar-refractivity contribution is 14.0. The van der Waals surface area contributed by atoms with Crippen molar-refractivity contribution in [1.29, 1.82) is 0 Å². The number of nitrogens with one attached hydrogen (secondary N) is 2. The third-order valence-corrected chi connectivity index (χ3v) is 3.80. The zero-order chi connectivity index (χ0) is 15.1. The molecule has 1 unspecified atom stereocenters. The second kappa shape index (κ2) is 10.0. The zero-order valence-corrected chi connectivity index (χ0v) is 16.2. The van der Waals surface area contributed by atoms with Crippen LogP contribution in [0.15, 0.2) is 35.3 Å². The molecule has 0 amide bonds. The second-order valence-electron chi connectivity index (χ2n) is 5.89. The predicted octanol–water partition coefficient (Wildman–Crippen LogP) is 2.84. The van der Waals surface area contributed by atoms with Crippen LogP contribution in [0.3, 0.4) is 0 Å². The van der Waals surface area contributed by atoms with Crippen molar-refractivity contribution in [2.24, 2.45) is 4.99 Å². The second-order valence-corrected chi connectivity index (χ2v) is 5.89. The van der Waals surface area contributed by atoms with E-state index in [-0.39, 0.29) is 24.0 Å². The first-order valence-corrected chi connectivity index (χ1v) is 7.98. The molecule has 0 spiro atoms. The summed E-state index contributed by atoms with van der Waals surface area (Å²) >= 11 is 0. The normalized spacial score (nSPS) is 16.1. The van der Waals surface area contributed by atoms with Crippen molar-refractivity contribution < 1.29 is 0 Å². The smallest absolute Gasteiger partial charge is 0.191 e. The molecule has 0 radical (unpaired) electrons. The van der Waals surface area contributed by atoms with Gasteiger partial charge in [-0.1, -0.05) is 30.3 Å². The minimum atomic E-state index is 0. The first kappa shape index (κ1) is 19.2. The Balaban J connectivity index is 0.00000242. The van der Waals surface area contributed by atoms with Gasteiger partial charge < -0.3 is 10.6 Å². The van der Waals surface area contributed by atoms with Crippen molar-refractivity contribution in [3.63, 3.8) is 0 Å². The minimum Gasteiger partial charge on any atom is -0.357 e. The summed E-state index contributed by atoms with van der Waals surface area (Å²) in [6.07, 6.45) is 2.54. The maximum atomic E-state index is 4.71. The van der Waals surface area contributed by atoms with Crippen LogP contribution in [-0.2, 0) is 6.54 Å². The van der Waals surface area contributed by atoms with E-state index in [9.17, 15) is 0 Å². The number of rotatable bonds is 7. The van der Waals surface area contributed by atoms with Gasteiger partial charge in [-0.05, 0) is 39.3 Å². The lowest BCUT2D eigenvalue weighted by Gasteiger charge is -2.23. The molecule has 1 aromatic rings. The number of likely N-dealkylation sites (N-methyl/N-ethyl adjacent to an activating group) is 1. The summed E-state index contributed by atoms with van der Waals surface area (Å²) < 4.78 is 0. The molecule has 1 aromatic carbocycles. The summed E-state index contributed by atoms with van der Waals surface area (Å²) in [4.78, 5) is 7.06. The Morgan fingerprint density at radius 1 is 1.32 bits per heavy atom. The van der Waals surface area contributed by atoms with Gasteiger partial charge in [-0.25, -0.2) is 0 Å². The third-order valence-electron chi connectivity index (χ3n) is 3.80. The molecular weight excluding hydrogens is 387 g/mol. The first-order chi connectivity index (χ1) is 10.2. The average Bonchev–Trinajstić information content (AvgIpc) is 3.29. The SMILES string of the molecule is CCNC(=NCC(C)N(C)Cc1ccccc1)NC1CC1.I. The van der Waals surface area contributed by atoms with E-state index in [4.69, 9.17) is 4.99 Å². The van der Waals surface area contributed by atoms with Gasteiger partial charge in [0, 0.05) is 25.2 Å². The largest absolute Gasteiger partial charge is 0.357 e. The molecule has 1 atom stereocenters. The van der Waals surface area contributed by atoms with Crippen LogP contribution < -0.4 is 10.6 Å². The lowest BCUT2D eigenvalue weighted by Crippen LogP contribution is -2.40. The highest BCUT2D eigenvalue weighted by Gasteiger charge is 2.22. The first-order valence-electron chi connectivity index (χ1n) is 7.98. The number of nitrogens with zero attached hydrogens (tertiary/aromatic N) is 2. The Morgan fingerprint density at radius 2 is 2.00 bits per heavy atom. The highest BCUT2D eigenvalue weighted by Crippen LogP contribution is 2.18. The average molecular weight is 416 g/mol. The van der Waals surface area contributed by atoms with Gasteiger partial charge in [0.05, 0.1) is 6.54 Å². The van der Waals surface area contributed by atoms with Gasteiger partial charge in [-0.3, -0.25) is 9.89 Å². The van der Waals surface area contributed by atoms with E-state index >= 15 is 0 Å². The summed E-state index contributed by atoms with van der Waals surface area (Å²) in [5, 5.41) is 6.77. The molecule has 22 heavy (non-hydrogen) atoms. The van der Waals surface area contributed by atoms with Crippen molar-refractivity contribution in [2.75, 3.05) is 20.1 Å². The van der Waals surface area contributed by atoms with Crippen molar-refractivity contribution >= 4 is 29.9 Å². The molecule has 0 heterocycles. The van der Waals surface area contributed by atoms with E-state index in [2.05, 4.69) is 66.8 Å². The van der Waals surface area contributed by atoms with Gasteiger partial charge in [0.2, 0.25) is 0 Å². The lowest BCUT2D eigenvalue weighted by molar-refractivity contribution is 0.255. The summed E-state index contributed by atoms with van der Waals surface area (Å²) in [6.45, 7) is 7.02. The summed E-state index contributed by atoms with van der Waals surface area (Å²) in [7, 11) is 2.16. The predicted molar refractivity (Wildman–Crippen MR) is 105 cm³/mol. The molecule has 1 aliphatic rings. The molecule has 5 heteroatoms. The summed E-state index contributed by atoms with van der Waals surface area (Å²) in [5.74, 6) is 0.958. The van der Waals surface area contributed by atoms with Crippen LogP contribution in [0.2, 0.25) is 0 Å². The van der Waals surface area contributed by atoms with Gasteiger partial charge in [0.1, 0.15) is 0 Å². The Kier molecular flexibility index (Phi) is 8.78. The standard InChI is InChI=1S/C17H28N4.HI/c1-4-18-17(20-16-10-11-16)19-12-14(2)21(3)13-15-8-6-5-7-9-15;/h5-9,14,16H,4,10-13H2,1-3H3,(H2,18,19,20);1H. The number of hydrogen-bond donors (Lipinski definition) is 2. The van der Waals surface area contributed by atoms with E-state index in [0.717, 1.165) is 25.6 Å². The van der Waals surface area contributed by atoms with Crippen LogP contribution in [-0.4, -0.2) is 43.1 Å². The number of benzene rings is 1. The molecular formula is C17H29IN4. The molecule has 2 rings (SSSR count). The topological polar surface area (TPSA) is 39.7 Å². The molecule has 1 saturated carbocycles. The Hall–Kier alpha value is -0.820. The van der Waals surface area contributed by atoms with Gasteiger partial charge in [0.25, 0.3) is 0 Å². The maximum Gasteiger partial charge on any atom is 0.191 e. The van der Waals surface area contributed by atoms with Crippen LogP contribution in [0.1, 0.15) is 32.3 Å². The molecule has 4 nitrogen and oxygen atoms in total. The van der Waals surface area contributed by atoms with Gasteiger partial charge in [-0.2, -0.15) is 0 Å². The molecule has 0 aromatic heterocycles. The number of aliphatic imine (C=N–C) groups is 1. The molecule has 0 bridgehead atoms. The highest BCUT2D eigenvalue weighted by atomic mass is 127. The monoisotopic (exact) mass is 416 g/mol. The van der Waals surface area contributed by atoms with Crippen molar-refractivity contribution in [2.45, 2.75) is 45.3 Å². The molecule has 0 aliphatic heterocycles. The number of halogens is 1. The Bertz CT molecular complexity index is 445. The molecule has 2 N–H and O–H groups in total. The van der Waals surface area contributed by atoms with Crippen molar-refractivity contribution in [3.05, 3.63) is 35.9 Å². The zero-order valence-electron chi connectivity index (χ0n) is 13.9. The Labute approximate surface area is 151 Å². The minimum absolute atomic E-state index is 0. The fourth-order valence-electron chi connectivity index (χ4n) is 2.13. The Morgan fingerprint density at radius 3 is 2.59 bits per heavy atom. The van der Waals surface area contributed by atoms with E-state index in [0.29, 0.717) is 12.1 Å². The van der Waals surface area contributed by atoms with Gasteiger partial charge in [-0.15, -0.1) is 24.0 Å². The number of hydrogen-bond acceptors (Lipinski definition) is 2. The van der Waals surface area contributed by atoms with E-state index in [1.165, 1.54) is 18.4 Å². The maximum absolute atomic E-state index is 4.71. The van der Waals surface area contributed by atoms with E-state index in [1.54, 1.807) is 0 Å². The third kappa shape index (κ3) is 6.96. The van der Waals surface area contributed by atoms with Crippen LogP contribution in [0.5, 0.6) is 0 Å². The van der Waals surface area contributed by atoms with E-state index < -0.39 is 0 Å². The molecule has 0 saturated heterocycles. The van der Waals surface area contributed by atoms with Crippen LogP contribution >= 0.6 is 24.0 Å². The molecule has 1 fully saturated rings. The fourth-order valence-corrected chi connectivity index (χ4v) is 2.13.